The molecule has 9 heteroatoms. The quantitative estimate of drug-likeness (QED) is 0.445. The van der Waals surface area contributed by atoms with Crippen molar-refractivity contribution in [1.82, 2.24) is 20.9 Å². The van der Waals surface area contributed by atoms with E-state index in [-0.39, 0.29) is 5.91 Å². The van der Waals surface area contributed by atoms with Gasteiger partial charge in [-0.3, -0.25) is 14.5 Å². The number of ether oxygens (including phenoxy) is 2. The first-order chi connectivity index (χ1) is 16.0. The van der Waals surface area contributed by atoms with Gasteiger partial charge in [-0.1, -0.05) is 30.3 Å². The number of nitrogens with zero attached hydrogens (tertiary/aromatic N) is 1. The van der Waals surface area contributed by atoms with Crippen LogP contribution in [0.2, 0.25) is 0 Å². The molecule has 0 unspecified atom stereocenters. The summed E-state index contributed by atoms with van der Waals surface area (Å²) < 4.78 is 10.6. The third-order valence-electron chi connectivity index (χ3n) is 5.34. The van der Waals surface area contributed by atoms with Crippen molar-refractivity contribution in [3.8, 4) is 0 Å². The minimum atomic E-state index is -1.27. The Morgan fingerprint density at radius 2 is 1.71 bits per heavy atom. The van der Waals surface area contributed by atoms with Crippen LogP contribution in [0.3, 0.4) is 0 Å². The van der Waals surface area contributed by atoms with Gasteiger partial charge in [0.05, 0.1) is 13.2 Å². The Balaban J connectivity index is 1.96. The van der Waals surface area contributed by atoms with E-state index >= 15 is 0 Å². The van der Waals surface area contributed by atoms with E-state index in [4.69, 9.17) is 9.47 Å². The van der Waals surface area contributed by atoms with Crippen LogP contribution in [-0.4, -0.2) is 79.4 Å². The van der Waals surface area contributed by atoms with E-state index in [2.05, 4.69) is 20.9 Å². The van der Waals surface area contributed by atoms with Crippen molar-refractivity contribution in [1.29, 1.82) is 0 Å². The van der Waals surface area contributed by atoms with Crippen LogP contribution in [0.1, 0.15) is 46.6 Å². The van der Waals surface area contributed by atoms with Crippen molar-refractivity contribution < 1.29 is 23.9 Å². The van der Waals surface area contributed by atoms with Crippen molar-refractivity contribution in [3.05, 3.63) is 35.9 Å². The summed E-state index contributed by atoms with van der Waals surface area (Å²) in [7, 11) is 0. The highest BCUT2D eigenvalue weighted by atomic mass is 16.6. The smallest absolute Gasteiger partial charge is 0.408 e. The lowest BCUT2D eigenvalue weighted by atomic mass is 10.0. The molecule has 34 heavy (non-hydrogen) atoms. The van der Waals surface area contributed by atoms with Gasteiger partial charge in [0.1, 0.15) is 17.2 Å². The summed E-state index contributed by atoms with van der Waals surface area (Å²) >= 11 is 0. The lowest BCUT2D eigenvalue weighted by molar-refractivity contribution is -0.132. The minimum Gasteiger partial charge on any atom is -0.444 e. The highest BCUT2D eigenvalue weighted by Crippen LogP contribution is 2.11. The SMILES string of the molecule is CC(C)(C)OC(=O)NC(C)(C)C(=O)N[C@H](Cc1ccccc1)C(=O)NCCCN1CCOCC1. The molecule has 3 amide bonds. The van der Waals surface area contributed by atoms with Gasteiger partial charge in [0.2, 0.25) is 11.8 Å². The van der Waals surface area contributed by atoms with Crippen LogP contribution < -0.4 is 16.0 Å². The zero-order chi connectivity index (χ0) is 25.2. The molecule has 1 heterocycles. The van der Waals surface area contributed by atoms with E-state index in [1.807, 2.05) is 30.3 Å². The van der Waals surface area contributed by atoms with Crippen LogP contribution in [0, 0.1) is 0 Å². The Morgan fingerprint density at radius 1 is 1.06 bits per heavy atom. The molecule has 1 saturated heterocycles. The Hall–Kier alpha value is -2.65. The molecule has 2 rings (SSSR count). The molecule has 9 nitrogen and oxygen atoms in total. The van der Waals surface area contributed by atoms with Crippen LogP contribution in [-0.2, 0) is 25.5 Å². The van der Waals surface area contributed by atoms with Gasteiger partial charge >= 0.3 is 6.09 Å². The van der Waals surface area contributed by atoms with E-state index in [1.165, 1.54) is 0 Å². The van der Waals surface area contributed by atoms with Gasteiger partial charge in [-0.05, 0) is 53.1 Å². The van der Waals surface area contributed by atoms with Crippen molar-refractivity contribution in [2.24, 2.45) is 0 Å². The molecule has 0 spiro atoms. The summed E-state index contributed by atoms with van der Waals surface area (Å²) in [6.07, 6.45) is 0.452. The average molecular weight is 477 g/mol. The highest BCUT2D eigenvalue weighted by Gasteiger charge is 2.34. The summed E-state index contributed by atoms with van der Waals surface area (Å²) in [5.74, 6) is -0.727. The van der Waals surface area contributed by atoms with Gasteiger partial charge in [-0.25, -0.2) is 4.79 Å². The highest BCUT2D eigenvalue weighted by molar-refractivity contribution is 5.93. The number of nitrogens with one attached hydrogen (secondary N) is 3. The van der Waals surface area contributed by atoms with E-state index in [1.54, 1.807) is 34.6 Å². The molecule has 1 aliphatic heterocycles. The number of benzene rings is 1. The van der Waals surface area contributed by atoms with Crippen LogP contribution in [0.25, 0.3) is 0 Å². The third kappa shape index (κ3) is 10.1. The van der Waals surface area contributed by atoms with Crippen LogP contribution in [0.15, 0.2) is 30.3 Å². The van der Waals surface area contributed by atoms with Gasteiger partial charge in [-0.15, -0.1) is 0 Å². The molecule has 1 fully saturated rings. The average Bonchev–Trinajstić information content (AvgIpc) is 2.75. The Kier molecular flexibility index (Phi) is 10.3. The fourth-order valence-corrected chi connectivity index (χ4v) is 3.48. The monoisotopic (exact) mass is 476 g/mol. The fourth-order valence-electron chi connectivity index (χ4n) is 3.48. The predicted molar refractivity (Wildman–Crippen MR) is 130 cm³/mol. The molecule has 1 aromatic rings. The number of amides is 3. The topological polar surface area (TPSA) is 109 Å². The van der Waals surface area contributed by atoms with Crippen molar-refractivity contribution in [3.63, 3.8) is 0 Å². The van der Waals surface area contributed by atoms with E-state index in [0.717, 1.165) is 44.8 Å². The first kappa shape index (κ1) is 27.6. The molecule has 0 aliphatic carbocycles. The number of hydrogen-bond donors (Lipinski definition) is 3. The van der Waals surface area contributed by atoms with Crippen LogP contribution >= 0.6 is 0 Å². The van der Waals surface area contributed by atoms with E-state index < -0.39 is 29.2 Å². The lowest BCUT2D eigenvalue weighted by Gasteiger charge is -2.29. The summed E-state index contributed by atoms with van der Waals surface area (Å²) in [6.45, 7) is 13.1. The normalized spacial score (nSPS) is 15.8. The second-order valence-electron chi connectivity index (χ2n) is 10.1. The number of hydrogen-bond acceptors (Lipinski definition) is 6. The van der Waals surface area contributed by atoms with Gasteiger partial charge in [0.15, 0.2) is 0 Å². The first-order valence-electron chi connectivity index (χ1n) is 11.9. The van der Waals surface area contributed by atoms with Crippen LogP contribution in [0.4, 0.5) is 4.79 Å². The molecular formula is C25H40N4O5. The summed E-state index contributed by atoms with van der Waals surface area (Å²) in [5, 5.41) is 8.35. The molecule has 1 atom stereocenters. The summed E-state index contributed by atoms with van der Waals surface area (Å²) in [6, 6.07) is 8.73. The Bertz CT molecular complexity index is 801. The standard InChI is InChI=1S/C25H40N4O5/c1-24(2,3)34-23(32)28-25(4,5)22(31)27-20(18-19-10-7-6-8-11-19)21(30)26-12-9-13-29-14-16-33-17-15-29/h6-8,10-11,20H,9,12-18H2,1-5H3,(H,26,30)(H,27,31)(H,28,32)/t20-/m1/s1. The molecule has 0 bridgehead atoms. The van der Waals surface area contributed by atoms with Gasteiger partial charge in [0.25, 0.3) is 0 Å². The second-order valence-corrected chi connectivity index (χ2v) is 10.1. The number of rotatable bonds is 10. The molecule has 1 aliphatic rings. The largest absolute Gasteiger partial charge is 0.444 e. The van der Waals surface area contributed by atoms with Crippen molar-refractivity contribution in [2.75, 3.05) is 39.4 Å². The predicted octanol–water partition coefficient (Wildman–Crippen LogP) is 1.86. The maximum atomic E-state index is 13.0. The number of carbonyl (C=O) groups is 3. The summed E-state index contributed by atoms with van der Waals surface area (Å²) in [5.41, 5.74) is -1.03. The summed E-state index contributed by atoms with van der Waals surface area (Å²) in [4.78, 5) is 40.5. The van der Waals surface area contributed by atoms with Gasteiger partial charge < -0.3 is 25.4 Å². The molecule has 1 aromatic carbocycles. The Morgan fingerprint density at radius 3 is 2.32 bits per heavy atom. The maximum Gasteiger partial charge on any atom is 0.408 e. The van der Waals surface area contributed by atoms with E-state index in [0.29, 0.717) is 13.0 Å². The minimum absolute atomic E-state index is 0.257. The molecule has 190 valence electrons. The van der Waals surface area contributed by atoms with Crippen molar-refractivity contribution in [2.45, 2.75) is 64.6 Å². The Labute approximate surface area is 202 Å². The second kappa shape index (κ2) is 12.7. The van der Waals surface area contributed by atoms with Crippen LogP contribution in [0.5, 0.6) is 0 Å². The maximum absolute atomic E-state index is 13.0. The zero-order valence-corrected chi connectivity index (χ0v) is 21.1. The zero-order valence-electron chi connectivity index (χ0n) is 21.1. The lowest BCUT2D eigenvalue weighted by Crippen LogP contribution is -2.59. The third-order valence-corrected chi connectivity index (χ3v) is 5.34. The number of morpholine rings is 1. The van der Waals surface area contributed by atoms with Gasteiger partial charge in [0, 0.05) is 26.1 Å². The molecular weight excluding hydrogens is 436 g/mol. The van der Waals surface area contributed by atoms with E-state index in [9.17, 15) is 14.4 Å². The fraction of sp³-hybridized carbons (Fsp3) is 0.640. The molecule has 0 radical (unpaired) electrons. The molecule has 0 aromatic heterocycles. The van der Waals surface area contributed by atoms with Crippen molar-refractivity contribution >= 4 is 17.9 Å². The molecule has 3 N–H and O–H groups in total. The number of alkyl carbamates (subject to hydrolysis) is 1. The number of carbonyl (C=O) groups excluding carboxylic acids is 3. The molecule has 0 saturated carbocycles. The first-order valence-corrected chi connectivity index (χ1v) is 11.9. The van der Waals surface area contributed by atoms with Gasteiger partial charge in [-0.2, -0.15) is 0 Å².